The standard InChI is InChI=1S/C26H20ClFN4O4S2/c1-3-35-21-11-19-16(25(30-13-29-19)31-14-4-6-18(28)17(27)8-14)10-22(21)36-24(33)12-37-26-32-20-9-15(34-2)5-7-23(20)38-26/h4-11,13H,3,12H2,1-2H3,(H,29,30,31). The van der Waals surface area contributed by atoms with Crippen molar-refractivity contribution in [3.63, 3.8) is 0 Å². The van der Waals surface area contributed by atoms with Gasteiger partial charge in [0.2, 0.25) is 0 Å². The number of thioether (sulfide) groups is 1. The highest BCUT2D eigenvalue weighted by molar-refractivity contribution is 8.01. The van der Waals surface area contributed by atoms with Gasteiger partial charge in [-0.15, -0.1) is 11.3 Å². The largest absolute Gasteiger partial charge is 0.497 e. The molecule has 0 aliphatic rings. The van der Waals surface area contributed by atoms with Crippen molar-refractivity contribution >= 4 is 73.3 Å². The average molecular weight is 571 g/mol. The number of aromatic nitrogens is 3. The third kappa shape index (κ3) is 5.74. The molecule has 2 heterocycles. The third-order valence-corrected chi connectivity index (χ3v) is 7.74. The van der Waals surface area contributed by atoms with Crippen molar-refractivity contribution in [2.75, 3.05) is 24.8 Å². The summed E-state index contributed by atoms with van der Waals surface area (Å²) in [5.74, 6) is 0.808. The van der Waals surface area contributed by atoms with Crippen LogP contribution in [0.5, 0.6) is 17.2 Å². The summed E-state index contributed by atoms with van der Waals surface area (Å²) < 4.78 is 32.0. The van der Waals surface area contributed by atoms with E-state index in [2.05, 4.69) is 20.3 Å². The van der Waals surface area contributed by atoms with Crippen LogP contribution in [0.4, 0.5) is 15.9 Å². The van der Waals surface area contributed by atoms with Crippen LogP contribution in [0, 0.1) is 5.82 Å². The van der Waals surface area contributed by atoms with Crippen LogP contribution in [0.2, 0.25) is 5.02 Å². The number of fused-ring (bicyclic) bond motifs is 2. The van der Waals surface area contributed by atoms with Crippen molar-refractivity contribution in [1.29, 1.82) is 0 Å². The number of ether oxygens (including phenoxy) is 3. The van der Waals surface area contributed by atoms with Gasteiger partial charge in [-0.1, -0.05) is 23.4 Å². The van der Waals surface area contributed by atoms with E-state index in [1.807, 2.05) is 25.1 Å². The van der Waals surface area contributed by atoms with Crippen LogP contribution in [0.25, 0.3) is 21.1 Å². The van der Waals surface area contributed by atoms with E-state index in [0.29, 0.717) is 34.8 Å². The molecule has 0 spiro atoms. The molecular formula is C26H20ClFN4O4S2. The number of anilines is 2. The van der Waals surface area contributed by atoms with Gasteiger partial charge in [0.05, 0.1) is 40.2 Å². The lowest BCUT2D eigenvalue weighted by Gasteiger charge is -2.14. The molecule has 0 unspecified atom stereocenters. The first-order valence-corrected chi connectivity index (χ1v) is 13.5. The fourth-order valence-electron chi connectivity index (χ4n) is 3.57. The highest BCUT2D eigenvalue weighted by atomic mass is 35.5. The monoisotopic (exact) mass is 570 g/mol. The Morgan fingerprint density at radius 3 is 2.76 bits per heavy atom. The number of esters is 1. The minimum Gasteiger partial charge on any atom is -0.497 e. The van der Waals surface area contributed by atoms with E-state index < -0.39 is 11.8 Å². The third-order valence-electron chi connectivity index (χ3n) is 5.30. The van der Waals surface area contributed by atoms with Crippen LogP contribution >= 0.6 is 34.7 Å². The Hall–Kier alpha value is -3.67. The van der Waals surface area contributed by atoms with E-state index in [1.54, 1.807) is 25.3 Å². The lowest BCUT2D eigenvalue weighted by atomic mass is 10.2. The van der Waals surface area contributed by atoms with Gasteiger partial charge in [0.15, 0.2) is 15.8 Å². The summed E-state index contributed by atoms with van der Waals surface area (Å²) in [6.07, 6.45) is 1.39. The number of nitrogens with one attached hydrogen (secondary N) is 1. The Morgan fingerprint density at radius 1 is 1.11 bits per heavy atom. The van der Waals surface area contributed by atoms with Crippen molar-refractivity contribution < 1.29 is 23.4 Å². The zero-order valence-corrected chi connectivity index (χ0v) is 22.5. The van der Waals surface area contributed by atoms with E-state index in [0.717, 1.165) is 20.3 Å². The summed E-state index contributed by atoms with van der Waals surface area (Å²) in [6, 6.07) is 13.2. The Balaban J connectivity index is 1.37. The fraction of sp³-hybridized carbons (Fsp3) is 0.154. The second-order valence-electron chi connectivity index (χ2n) is 7.80. The summed E-state index contributed by atoms with van der Waals surface area (Å²) in [5, 5.41) is 3.67. The number of methoxy groups -OCH3 is 1. The second kappa shape index (κ2) is 11.4. The molecule has 12 heteroatoms. The average Bonchev–Trinajstić information content (AvgIpc) is 3.32. The molecule has 194 valence electrons. The topological polar surface area (TPSA) is 95.5 Å². The zero-order chi connectivity index (χ0) is 26.6. The molecule has 8 nitrogen and oxygen atoms in total. The number of benzene rings is 3. The van der Waals surface area contributed by atoms with Crippen LogP contribution in [-0.4, -0.2) is 40.4 Å². The Morgan fingerprint density at radius 2 is 1.97 bits per heavy atom. The summed E-state index contributed by atoms with van der Waals surface area (Å²) >= 11 is 8.69. The highest BCUT2D eigenvalue weighted by Gasteiger charge is 2.17. The number of thiazole rings is 1. The van der Waals surface area contributed by atoms with Gasteiger partial charge in [-0.25, -0.2) is 19.3 Å². The number of carbonyl (C=O) groups excluding carboxylic acids is 1. The van der Waals surface area contributed by atoms with Crippen LogP contribution in [0.1, 0.15) is 6.92 Å². The van der Waals surface area contributed by atoms with Crippen LogP contribution < -0.4 is 19.5 Å². The maximum Gasteiger partial charge on any atom is 0.321 e. The van der Waals surface area contributed by atoms with Crippen molar-refractivity contribution in [2.24, 2.45) is 0 Å². The highest BCUT2D eigenvalue weighted by Crippen LogP contribution is 2.36. The smallest absolute Gasteiger partial charge is 0.321 e. The van der Waals surface area contributed by atoms with Gasteiger partial charge in [0.25, 0.3) is 0 Å². The van der Waals surface area contributed by atoms with E-state index >= 15 is 0 Å². The Kier molecular flexibility index (Phi) is 7.77. The summed E-state index contributed by atoms with van der Waals surface area (Å²) in [4.78, 5) is 26.0. The summed E-state index contributed by atoms with van der Waals surface area (Å²) in [5.41, 5.74) is 1.91. The molecule has 1 N–H and O–H groups in total. The molecule has 0 radical (unpaired) electrons. The van der Waals surface area contributed by atoms with Crippen molar-refractivity contribution in [2.45, 2.75) is 11.3 Å². The van der Waals surface area contributed by atoms with Crippen molar-refractivity contribution in [3.05, 3.63) is 65.7 Å². The molecular weight excluding hydrogens is 551 g/mol. The molecule has 0 amide bonds. The number of carbonyl (C=O) groups is 1. The lowest BCUT2D eigenvalue weighted by Crippen LogP contribution is -2.12. The maximum absolute atomic E-state index is 13.6. The van der Waals surface area contributed by atoms with E-state index in [-0.39, 0.29) is 16.5 Å². The van der Waals surface area contributed by atoms with Crippen LogP contribution in [0.15, 0.2) is 59.2 Å². The minimum absolute atomic E-state index is 0.0219. The molecule has 5 aromatic rings. The molecule has 38 heavy (non-hydrogen) atoms. The first-order chi connectivity index (χ1) is 18.4. The number of hydrogen-bond donors (Lipinski definition) is 1. The molecule has 0 atom stereocenters. The Labute approximate surface area is 230 Å². The first kappa shape index (κ1) is 26.0. The number of nitrogens with zero attached hydrogens (tertiary/aromatic N) is 3. The number of rotatable bonds is 9. The molecule has 0 aliphatic heterocycles. The van der Waals surface area contributed by atoms with Crippen molar-refractivity contribution in [1.82, 2.24) is 15.0 Å². The zero-order valence-electron chi connectivity index (χ0n) is 20.2. The molecule has 0 saturated carbocycles. The predicted molar refractivity (Wildman–Crippen MR) is 148 cm³/mol. The minimum atomic E-state index is -0.524. The molecule has 0 saturated heterocycles. The number of halogens is 2. The van der Waals surface area contributed by atoms with E-state index in [9.17, 15) is 9.18 Å². The van der Waals surface area contributed by atoms with Gasteiger partial charge in [-0.2, -0.15) is 0 Å². The lowest BCUT2D eigenvalue weighted by molar-refractivity contribution is -0.131. The van der Waals surface area contributed by atoms with Gasteiger partial charge in [0.1, 0.15) is 23.7 Å². The summed E-state index contributed by atoms with van der Waals surface area (Å²) in [6.45, 7) is 2.20. The molecule has 3 aromatic carbocycles. The van der Waals surface area contributed by atoms with Gasteiger partial charge in [0, 0.05) is 23.2 Å². The van der Waals surface area contributed by atoms with Crippen LogP contribution in [-0.2, 0) is 4.79 Å². The summed E-state index contributed by atoms with van der Waals surface area (Å²) in [7, 11) is 1.60. The van der Waals surface area contributed by atoms with Gasteiger partial charge < -0.3 is 19.5 Å². The predicted octanol–water partition coefficient (Wildman–Crippen LogP) is 6.88. The molecule has 0 bridgehead atoms. The first-order valence-electron chi connectivity index (χ1n) is 11.3. The molecule has 0 aliphatic carbocycles. The molecule has 2 aromatic heterocycles. The second-order valence-corrected chi connectivity index (χ2v) is 10.5. The van der Waals surface area contributed by atoms with E-state index in [1.165, 1.54) is 41.6 Å². The normalized spacial score (nSPS) is 11.1. The van der Waals surface area contributed by atoms with Gasteiger partial charge in [-0.3, -0.25) is 4.79 Å². The van der Waals surface area contributed by atoms with Gasteiger partial charge in [-0.05, 0) is 43.3 Å². The Bertz CT molecular complexity index is 1650. The molecule has 0 fully saturated rings. The maximum atomic E-state index is 13.6. The van der Waals surface area contributed by atoms with Crippen LogP contribution in [0.3, 0.4) is 0 Å². The SMILES string of the molecule is CCOc1cc2ncnc(Nc3ccc(F)c(Cl)c3)c2cc1OC(=O)CSc1nc2cc(OC)ccc2s1. The molecule has 5 rings (SSSR count). The van der Waals surface area contributed by atoms with Gasteiger partial charge >= 0.3 is 5.97 Å². The van der Waals surface area contributed by atoms with Crippen molar-refractivity contribution in [3.8, 4) is 17.2 Å². The quantitative estimate of drug-likeness (QED) is 0.115. The number of hydrogen-bond acceptors (Lipinski definition) is 10. The van der Waals surface area contributed by atoms with E-state index in [4.69, 9.17) is 25.8 Å². The fourth-order valence-corrected chi connectivity index (χ4v) is 5.57.